The molecule has 0 bridgehead atoms. The first-order chi connectivity index (χ1) is 11.6. The fourth-order valence-electron chi connectivity index (χ4n) is 3.25. The van der Waals surface area contributed by atoms with Gasteiger partial charge in [-0.2, -0.15) is 0 Å². The van der Waals surface area contributed by atoms with Gasteiger partial charge in [-0.05, 0) is 36.0 Å². The van der Waals surface area contributed by atoms with Crippen LogP contribution in [0.3, 0.4) is 0 Å². The summed E-state index contributed by atoms with van der Waals surface area (Å²) in [7, 11) is 0. The number of rotatable bonds is 5. The number of nitrogens with one attached hydrogen (secondary N) is 1. The van der Waals surface area contributed by atoms with Crippen molar-refractivity contribution in [2.45, 2.75) is 31.7 Å². The number of amides is 1. The van der Waals surface area contributed by atoms with Crippen molar-refractivity contribution in [1.29, 1.82) is 0 Å². The van der Waals surface area contributed by atoms with E-state index in [1.807, 2.05) is 42.5 Å². The quantitative estimate of drug-likeness (QED) is 0.887. The molecule has 3 rings (SSSR count). The summed E-state index contributed by atoms with van der Waals surface area (Å²) in [6.07, 6.45) is 2.25. The Morgan fingerprint density at radius 3 is 2.25 bits per heavy atom. The van der Waals surface area contributed by atoms with E-state index in [4.69, 9.17) is 5.11 Å². The number of hydrogen-bond acceptors (Lipinski definition) is 2. The molecule has 0 unspecified atom stereocenters. The van der Waals surface area contributed by atoms with Gasteiger partial charge in [0.05, 0.1) is 12.3 Å². The Morgan fingerprint density at radius 2 is 1.62 bits per heavy atom. The van der Waals surface area contributed by atoms with Gasteiger partial charge >= 0.3 is 5.97 Å². The van der Waals surface area contributed by atoms with Crippen molar-refractivity contribution in [3.8, 4) is 11.1 Å². The smallest absolute Gasteiger partial charge is 0.306 e. The zero-order chi connectivity index (χ0) is 16.9. The van der Waals surface area contributed by atoms with Crippen LogP contribution >= 0.6 is 0 Å². The molecule has 4 heteroatoms. The van der Waals surface area contributed by atoms with E-state index in [-0.39, 0.29) is 17.9 Å². The molecule has 1 fully saturated rings. The molecule has 0 aromatic heterocycles. The van der Waals surface area contributed by atoms with Crippen LogP contribution in [0.25, 0.3) is 11.1 Å². The van der Waals surface area contributed by atoms with E-state index >= 15 is 0 Å². The minimum atomic E-state index is -0.761. The molecule has 2 aromatic rings. The second kappa shape index (κ2) is 7.30. The Kier molecular flexibility index (Phi) is 4.94. The van der Waals surface area contributed by atoms with Crippen LogP contribution in [-0.2, 0) is 16.0 Å². The SMILES string of the molecule is O=C(Cc1ccc(-c2ccccc2)cc1)N[C@H]1CC[C@@H](C(=O)O)C1. The van der Waals surface area contributed by atoms with Crippen molar-refractivity contribution in [2.24, 2.45) is 5.92 Å². The van der Waals surface area contributed by atoms with E-state index in [0.717, 1.165) is 23.1 Å². The molecule has 2 aromatic carbocycles. The van der Waals surface area contributed by atoms with Crippen LogP contribution in [0.5, 0.6) is 0 Å². The highest BCUT2D eigenvalue weighted by Crippen LogP contribution is 2.25. The van der Waals surface area contributed by atoms with Crippen molar-refractivity contribution in [3.05, 3.63) is 60.2 Å². The second-order valence-corrected chi connectivity index (χ2v) is 6.35. The highest BCUT2D eigenvalue weighted by Gasteiger charge is 2.30. The summed E-state index contributed by atoms with van der Waals surface area (Å²) in [5, 5.41) is 12.0. The number of benzene rings is 2. The van der Waals surface area contributed by atoms with E-state index < -0.39 is 5.97 Å². The first kappa shape index (κ1) is 16.2. The fourth-order valence-corrected chi connectivity index (χ4v) is 3.25. The van der Waals surface area contributed by atoms with Gasteiger partial charge in [-0.3, -0.25) is 9.59 Å². The fraction of sp³-hybridized carbons (Fsp3) is 0.300. The van der Waals surface area contributed by atoms with Crippen LogP contribution in [0.15, 0.2) is 54.6 Å². The third kappa shape index (κ3) is 4.02. The lowest BCUT2D eigenvalue weighted by Gasteiger charge is -2.12. The van der Waals surface area contributed by atoms with Gasteiger partial charge in [-0.1, -0.05) is 54.6 Å². The van der Waals surface area contributed by atoms with E-state index in [1.165, 1.54) is 0 Å². The summed E-state index contributed by atoms with van der Waals surface area (Å²) in [6.45, 7) is 0. The lowest BCUT2D eigenvalue weighted by atomic mass is 10.0. The zero-order valence-corrected chi connectivity index (χ0v) is 13.4. The maximum atomic E-state index is 12.1. The van der Waals surface area contributed by atoms with Gasteiger partial charge in [0.15, 0.2) is 0 Å². The molecular weight excluding hydrogens is 302 g/mol. The number of carbonyl (C=O) groups excluding carboxylic acids is 1. The van der Waals surface area contributed by atoms with E-state index in [0.29, 0.717) is 19.3 Å². The van der Waals surface area contributed by atoms with Crippen LogP contribution in [-0.4, -0.2) is 23.0 Å². The lowest BCUT2D eigenvalue weighted by molar-refractivity contribution is -0.141. The largest absolute Gasteiger partial charge is 0.481 e. The van der Waals surface area contributed by atoms with E-state index in [1.54, 1.807) is 0 Å². The minimum Gasteiger partial charge on any atom is -0.481 e. The molecule has 124 valence electrons. The standard InChI is InChI=1S/C20H21NO3/c22-19(21-18-11-10-17(13-18)20(23)24)12-14-6-8-16(9-7-14)15-4-2-1-3-5-15/h1-9,17-18H,10-13H2,(H,21,22)(H,23,24)/t17-,18+/m1/s1. The summed E-state index contributed by atoms with van der Waals surface area (Å²) in [5.41, 5.74) is 3.24. The summed E-state index contributed by atoms with van der Waals surface area (Å²) in [4.78, 5) is 23.1. The Balaban J connectivity index is 1.54. The monoisotopic (exact) mass is 323 g/mol. The van der Waals surface area contributed by atoms with Crippen molar-refractivity contribution in [3.63, 3.8) is 0 Å². The van der Waals surface area contributed by atoms with Gasteiger partial charge in [0, 0.05) is 6.04 Å². The Bertz CT molecular complexity index is 709. The first-order valence-corrected chi connectivity index (χ1v) is 8.28. The third-order valence-corrected chi connectivity index (χ3v) is 4.57. The predicted molar refractivity (Wildman–Crippen MR) is 92.5 cm³/mol. The number of carbonyl (C=O) groups is 2. The molecule has 0 radical (unpaired) electrons. The van der Waals surface area contributed by atoms with Gasteiger partial charge in [0.25, 0.3) is 0 Å². The molecule has 0 heterocycles. The number of carboxylic acids is 1. The molecule has 2 N–H and O–H groups in total. The minimum absolute atomic E-state index is 0.0119. The van der Waals surface area contributed by atoms with Gasteiger partial charge in [0.1, 0.15) is 0 Å². The first-order valence-electron chi connectivity index (χ1n) is 8.28. The van der Waals surface area contributed by atoms with Crippen LogP contribution in [0.4, 0.5) is 0 Å². The van der Waals surface area contributed by atoms with Crippen LogP contribution in [0.2, 0.25) is 0 Å². The number of carboxylic acid groups (broad SMARTS) is 1. The van der Waals surface area contributed by atoms with E-state index in [9.17, 15) is 9.59 Å². The van der Waals surface area contributed by atoms with Crippen LogP contribution in [0.1, 0.15) is 24.8 Å². The predicted octanol–water partition coefficient (Wildman–Crippen LogP) is 3.27. The molecule has 0 saturated heterocycles. The summed E-state index contributed by atoms with van der Waals surface area (Å²) in [5.74, 6) is -1.12. The molecule has 1 amide bonds. The van der Waals surface area contributed by atoms with Crippen LogP contribution in [0, 0.1) is 5.92 Å². The topological polar surface area (TPSA) is 66.4 Å². The highest BCUT2D eigenvalue weighted by molar-refractivity contribution is 5.79. The van der Waals surface area contributed by atoms with Crippen molar-refractivity contribution in [1.82, 2.24) is 5.32 Å². The summed E-state index contributed by atoms with van der Waals surface area (Å²) >= 11 is 0. The molecule has 1 aliphatic rings. The molecule has 0 spiro atoms. The normalized spacial score (nSPS) is 19.8. The summed E-state index contributed by atoms with van der Waals surface area (Å²) < 4.78 is 0. The molecular formula is C20H21NO3. The van der Waals surface area contributed by atoms with Crippen molar-refractivity contribution in [2.75, 3.05) is 0 Å². The Morgan fingerprint density at radius 1 is 0.958 bits per heavy atom. The Labute approximate surface area is 141 Å². The maximum absolute atomic E-state index is 12.1. The Hall–Kier alpha value is -2.62. The van der Waals surface area contributed by atoms with Crippen molar-refractivity contribution >= 4 is 11.9 Å². The van der Waals surface area contributed by atoms with Gasteiger partial charge in [-0.15, -0.1) is 0 Å². The molecule has 2 atom stereocenters. The molecule has 4 nitrogen and oxygen atoms in total. The van der Waals surface area contributed by atoms with E-state index in [2.05, 4.69) is 17.4 Å². The number of hydrogen-bond donors (Lipinski definition) is 2. The maximum Gasteiger partial charge on any atom is 0.306 e. The molecule has 0 aliphatic heterocycles. The molecule has 1 saturated carbocycles. The molecule has 1 aliphatic carbocycles. The van der Waals surface area contributed by atoms with Crippen LogP contribution < -0.4 is 5.32 Å². The zero-order valence-electron chi connectivity index (χ0n) is 13.4. The average molecular weight is 323 g/mol. The second-order valence-electron chi connectivity index (χ2n) is 6.35. The number of aliphatic carboxylic acids is 1. The summed E-state index contributed by atoms with van der Waals surface area (Å²) in [6, 6.07) is 18.1. The highest BCUT2D eigenvalue weighted by atomic mass is 16.4. The van der Waals surface area contributed by atoms with Gasteiger partial charge < -0.3 is 10.4 Å². The van der Waals surface area contributed by atoms with Crippen molar-refractivity contribution < 1.29 is 14.7 Å². The average Bonchev–Trinajstić information content (AvgIpc) is 3.05. The third-order valence-electron chi connectivity index (χ3n) is 4.57. The van der Waals surface area contributed by atoms with Gasteiger partial charge in [-0.25, -0.2) is 0 Å². The molecule has 24 heavy (non-hydrogen) atoms. The van der Waals surface area contributed by atoms with Gasteiger partial charge in [0.2, 0.25) is 5.91 Å². The lowest BCUT2D eigenvalue weighted by Crippen LogP contribution is -2.34.